The molecule has 5 heteroatoms. The average Bonchev–Trinajstić information content (AvgIpc) is 2.55. The molecule has 0 aliphatic carbocycles. The summed E-state index contributed by atoms with van der Waals surface area (Å²) in [6.07, 6.45) is 0. The van der Waals surface area contributed by atoms with E-state index in [2.05, 4.69) is 0 Å². The lowest BCUT2D eigenvalue weighted by molar-refractivity contribution is -0.384. The molecule has 2 aromatic carbocycles. The minimum atomic E-state index is -0.429. The van der Waals surface area contributed by atoms with Crippen molar-refractivity contribution in [2.75, 3.05) is 7.05 Å². The molecule has 0 saturated heterocycles. The van der Waals surface area contributed by atoms with Crippen LogP contribution in [0.5, 0.6) is 0 Å². The molecule has 0 aromatic heterocycles. The molecular formula is C18H20N2O3. The number of aryl methyl sites for hydroxylation is 2. The van der Waals surface area contributed by atoms with Gasteiger partial charge in [-0.1, -0.05) is 18.2 Å². The number of benzene rings is 2. The molecule has 120 valence electrons. The molecule has 0 radical (unpaired) electrons. The molecule has 0 saturated carbocycles. The Balaban J connectivity index is 2.26. The van der Waals surface area contributed by atoms with Crippen LogP contribution in [-0.2, 0) is 0 Å². The Hall–Kier alpha value is -2.69. The molecule has 0 unspecified atom stereocenters. The van der Waals surface area contributed by atoms with Crippen LogP contribution in [0.25, 0.3) is 0 Å². The van der Waals surface area contributed by atoms with Crippen molar-refractivity contribution in [1.29, 1.82) is 0 Å². The molecule has 1 atom stereocenters. The first-order valence-electron chi connectivity index (χ1n) is 7.40. The van der Waals surface area contributed by atoms with E-state index < -0.39 is 4.92 Å². The van der Waals surface area contributed by atoms with Crippen molar-refractivity contribution in [1.82, 2.24) is 4.90 Å². The van der Waals surface area contributed by atoms with Crippen LogP contribution in [-0.4, -0.2) is 22.8 Å². The van der Waals surface area contributed by atoms with E-state index in [1.807, 2.05) is 32.9 Å². The van der Waals surface area contributed by atoms with E-state index in [1.165, 1.54) is 12.1 Å². The maximum Gasteiger partial charge on any atom is 0.269 e. The van der Waals surface area contributed by atoms with Crippen LogP contribution >= 0.6 is 0 Å². The number of carbonyl (C=O) groups is 1. The Morgan fingerprint density at radius 2 is 1.83 bits per heavy atom. The van der Waals surface area contributed by atoms with Gasteiger partial charge in [0.1, 0.15) is 0 Å². The largest absolute Gasteiger partial charge is 0.335 e. The molecule has 0 aliphatic heterocycles. The van der Waals surface area contributed by atoms with E-state index in [0.717, 1.165) is 16.7 Å². The van der Waals surface area contributed by atoms with Gasteiger partial charge in [0.25, 0.3) is 11.6 Å². The second-order valence-corrected chi connectivity index (χ2v) is 5.74. The number of hydrogen-bond acceptors (Lipinski definition) is 3. The van der Waals surface area contributed by atoms with Crippen LogP contribution < -0.4 is 0 Å². The predicted molar refractivity (Wildman–Crippen MR) is 89.5 cm³/mol. The third-order valence-corrected chi connectivity index (χ3v) is 4.22. The van der Waals surface area contributed by atoms with Crippen molar-refractivity contribution in [3.63, 3.8) is 0 Å². The predicted octanol–water partition coefficient (Wildman–Crippen LogP) is 4.04. The zero-order valence-electron chi connectivity index (χ0n) is 13.7. The fraction of sp³-hybridized carbons (Fsp3) is 0.278. The lowest BCUT2D eigenvalue weighted by Gasteiger charge is -2.25. The van der Waals surface area contributed by atoms with Crippen molar-refractivity contribution < 1.29 is 9.72 Å². The van der Waals surface area contributed by atoms with Crippen molar-refractivity contribution >= 4 is 11.6 Å². The molecule has 23 heavy (non-hydrogen) atoms. The number of nitro groups is 1. The summed E-state index contributed by atoms with van der Waals surface area (Å²) in [5.74, 6) is -0.105. The van der Waals surface area contributed by atoms with E-state index in [-0.39, 0.29) is 17.6 Å². The third kappa shape index (κ3) is 3.56. The molecule has 0 fully saturated rings. The first-order chi connectivity index (χ1) is 10.8. The second-order valence-electron chi connectivity index (χ2n) is 5.74. The van der Waals surface area contributed by atoms with Gasteiger partial charge in [0.05, 0.1) is 11.0 Å². The minimum Gasteiger partial charge on any atom is -0.335 e. The number of rotatable bonds is 4. The zero-order chi connectivity index (χ0) is 17.1. The van der Waals surface area contributed by atoms with Crippen LogP contribution in [0, 0.1) is 24.0 Å². The highest BCUT2D eigenvalue weighted by atomic mass is 16.6. The van der Waals surface area contributed by atoms with Crippen LogP contribution in [0.1, 0.15) is 40.0 Å². The van der Waals surface area contributed by atoms with Gasteiger partial charge in [-0.2, -0.15) is 0 Å². The van der Waals surface area contributed by atoms with Gasteiger partial charge >= 0.3 is 0 Å². The van der Waals surface area contributed by atoms with Crippen molar-refractivity contribution in [3.05, 3.63) is 74.8 Å². The van der Waals surface area contributed by atoms with Crippen LogP contribution in [0.4, 0.5) is 5.69 Å². The Bertz CT molecular complexity index is 756. The summed E-state index contributed by atoms with van der Waals surface area (Å²) in [7, 11) is 1.71. The highest BCUT2D eigenvalue weighted by Gasteiger charge is 2.20. The number of nitro benzene ring substituents is 1. The molecule has 2 rings (SSSR count). The van der Waals surface area contributed by atoms with Gasteiger partial charge < -0.3 is 4.90 Å². The third-order valence-electron chi connectivity index (χ3n) is 4.22. The molecule has 1 amide bonds. The number of non-ortho nitro benzene ring substituents is 1. The summed E-state index contributed by atoms with van der Waals surface area (Å²) in [6, 6.07) is 11.7. The summed E-state index contributed by atoms with van der Waals surface area (Å²) < 4.78 is 0. The van der Waals surface area contributed by atoms with Gasteiger partial charge in [-0.25, -0.2) is 0 Å². The summed E-state index contributed by atoms with van der Waals surface area (Å²) in [5.41, 5.74) is 3.58. The van der Waals surface area contributed by atoms with Crippen molar-refractivity contribution in [2.24, 2.45) is 0 Å². The second kappa shape index (κ2) is 6.60. The van der Waals surface area contributed by atoms with Gasteiger partial charge in [0.15, 0.2) is 0 Å². The standard InChI is InChI=1S/C18H20N2O3/c1-12-8-9-16(10-13(12)2)18(21)19(4)14(3)15-6-5-7-17(11-15)20(22)23/h5-11,14H,1-4H3/t14-/m1/s1. The number of nitrogens with zero attached hydrogens (tertiary/aromatic N) is 2. The van der Waals surface area contributed by atoms with E-state index in [9.17, 15) is 14.9 Å². The lowest BCUT2D eigenvalue weighted by atomic mass is 10.0. The van der Waals surface area contributed by atoms with Gasteiger partial charge in [-0.3, -0.25) is 14.9 Å². The highest BCUT2D eigenvalue weighted by Crippen LogP contribution is 2.24. The van der Waals surface area contributed by atoms with Crippen LogP contribution in [0.15, 0.2) is 42.5 Å². The van der Waals surface area contributed by atoms with Gasteiger partial charge in [0, 0.05) is 24.7 Å². The smallest absolute Gasteiger partial charge is 0.269 e. The van der Waals surface area contributed by atoms with E-state index in [1.54, 1.807) is 30.1 Å². The zero-order valence-corrected chi connectivity index (χ0v) is 13.7. The van der Waals surface area contributed by atoms with E-state index >= 15 is 0 Å². The summed E-state index contributed by atoms with van der Waals surface area (Å²) >= 11 is 0. The maximum absolute atomic E-state index is 12.6. The quantitative estimate of drug-likeness (QED) is 0.632. The number of carbonyl (C=O) groups excluding carboxylic acids is 1. The monoisotopic (exact) mass is 312 g/mol. The molecule has 0 bridgehead atoms. The minimum absolute atomic E-state index is 0.0291. The molecule has 0 heterocycles. The number of hydrogen-bond donors (Lipinski definition) is 0. The van der Waals surface area contributed by atoms with E-state index in [0.29, 0.717) is 5.56 Å². The van der Waals surface area contributed by atoms with Crippen LogP contribution in [0.2, 0.25) is 0 Å². The van der Waals surface area contributed by atoms with Gasteiger partial charge in [-0.05, 0) is 49.6 Å². The molecule has 5 nitrogen and oxygen atoms in total. The SMILES string of the molecule is Cc1ccc(C(=O)N(C)[C@H](C)c2cccc([N+](=O)[O-])c2)cc1C. The van der Waals surface area contributed by atoms with E-state index in [4.69, 9.17) is 0 Å². The van der Waals surface area contributed by atoms with Gasteiger partial charge in [0.2, 0.25) is 0 Å². The maximum atomic E-state index is 12.6. The fourth-order valence-electron chi connectivity index (χ4n) is 2.38. The Kier molecular flexibility index (Phi) is 4.79. The first kappa shape index (κ1) is 16.7. The Labute approximate surface area is 135 Å². The first-order valence-corrected chi connectivity index (χ1v) is 7.40. The molecule has 2 aromatic rings. The van der Waals surface area contributed by atoms with Crippen LogP contribution in [0.3, 0.4) is 0 Å². The normalized spacial score (nSPS) is 11.8. The lowest BCUT2D eigenvalue weighted by Crippen LogP contribution is -2.29. The molecule has 0 aliphatic rings. The topological polar surface area (TPSA) is 63.5 Å². The summed E-state index contributed by atoms with van der Waals surface area (Å²) in [4.78, 5) is 24.7. The van der Waals surface area contributed by atoms with Crippen molar-refractivity contribution in [2.45, 2.75) is 26.8 Å². The molecular weight excluding hydrogens is 292 g/mol. The Morgan fingerprint density at radius 3 is 2.43 bits per heavy atom. The summed E-state index contributed by atoms with van der Waals surface area (Å²) in [5, 5.41) is 10.9. The number of amides is 1. The average molecular weight is 312 g/mol. The highest BCUT2D eigenvalue weighted by molar-refractivity contribution is 5.94. The Morgan fingerprint density at radius 1 is 1.13 bits per heavy atom. The van der Waals surface area contributed by atoms with Crippen molar-refractivity contribution in [3.8, 4) is 0 Å². The van der Waals surface area contributed by atoms with Gasteiger partial charge in [-0.15, -0.1) is 0 Å². The molecule has 0 N–H and O–H groups in total. The summed E-state index contributed by atoms with van der Waals surface area (Å²) in [6.45, 7) is 5.83. The molecule has 0 spiro atoms. The fourth-order valence-corrected chi connectivity index (χ4v) is 2.38.